The summed E-state index contributed by atoms with van der Waals surface area (Å²) in [5.74, 6) is -0.374. The minimum Gasteiger partial charge on any atom is -0.481 e. The largest absolute Gasteiger partial charge is 0.481 e. The second kappa shape index (κ2) is 6.11. The molecule has 2 aliphatic rings. The molecular formula is C17H26N4O3. The second-order valence-corrected chi connectivity index (χ2v) is 7.39. The van der Waals surface area contributed by atoms with Crippen LogP contribution in [-0.4, -0.2) is 44.9 Å². The molecule has 1 aromatic rings. The van der Waals surface area contributed by atoms with Crippen molar-refractivity contribution < 1.29 is 14.7 Å². The van der Waals surface area contributed by atoms with Crippen LogP contribution in [0.5, 0.6) is 0 Å². The van der Waals surface area contributed by atoms with E-state index in [-0.39, 0.29) is 12.6 Å². The maximum Gasteiger partial charge on any atom is 0.321 e. The van der Waals surface area contributed by atoms with Gasteiger partial charge in [0.05, 0.1) is 23.0 Å². The smallest absolute Gasteiger partial charge is 0.321 e. The van der Waals surface area contributed by atoms with Crippen molar-refractivity contribution in [3.8, 4) is 0 Å². The van der Waals surface area contributed by atoms with Crippen LogP contribution in [0.15, 0.2) is 6.20 Å². The third kappa shape index (κ3) is 2.99. The number of rotatable bonds is 5. The fraction of sp³-hybridized carbons (Fsp3) is 0.706. The van der Waals surface area contributed by atoms with Crippen molar-refractivity contribution in [2.75, 3.05) is 18.4 Å². The van der Waals surface area contributed by atoms with E-state index in [0.29, 0.717) is 24.9 Å². The Balaban J connectivity index is 1.74. The molecule has 1 saturated carbocycles. The molecule has 0 spiro atoms. The predicted molar refractivity (Wildman–Crippen MR) is 90.2 cm³/mol. The van der Waals surface area contributed by atoms with Gasteiger partial charge in [0.2, 0.25) is 0 Å². The lowest BCUT2D eigenvalue weighted by Gasteiger charge is -2.21. The molecule has 0 bridgehead atoms. The summed E-state index contributed by atoms with van der Waals surface area (Å²) in [6.07, 6.45) is 5.46. The van der Waals surface area contributed by atoms with Gasteiger partial charge < -0.3 is 15.3 Å². The van der Waals surface area contributed by atoms with Gasteiger partial charge in [-0.25, -0.2) is 4.79 Å². The number of urea groups is 1. The van der Waals surface area contributed by atoms with Crippen LogP contribution in [0.3, 0.4) is 0 Å². The van der Waals surface area contributed by atoms with Gasteiger partial charge in [-0.15, -0.1) is 0 Å². The van der Waals surface area contributed by atoms with Crippen LogP contribution in [0, 0.1) is 5.41 Å². The van der Waals surface area contributed by atoms with Crippen molar-refractivity contribution in [1.29, 1.82) is 0 Å². The number of carboxylic acids is 1. The second-order valence-electron chi connectivity index (χ2n) is 7.39. The number of carboxylic acid groups (broad SMARTS) is 1. The summed E-state index contributed by atoms with van der Waals surface area (Å²) in [6.45, 7) is 6.65. The van der Waals surface area contributed by atoms with E-state index >= 15 is 0 Å². The molecule has 2 amide bonds. The Kier molecular flexibility index (Phi) is 4.27. The van der Waals surface area contributed by atoms with Crippen molar-refractivity contribution in [1.82, 2.24) is 14.7 Å². The van der Waals surface area contributed by atoms with Crippen molar-refractivity contribution in [2.24, 2.45) is 5.41 Å². The van der Waals surface area contributed by atoms with Crippen LogP contribution in [0.4, 0.5) is 10.5 Å². The molecule has 0 radical (unpaired) electrons. The van der Waals surface area contributed by atoms with Crippen LogP contribution in [0.25, 0.3) is 0 Å². The summed E-state index contributed by atoms with van der Waals surface area (Å²) in [5.41, 5.74) is 1.03. The molecule has 2 fully saturated rings. The Morgan fingerprint density at radius 1 is 1.50 bits per heavy atom. The van der Waals surface area contributed by atoms with E-state index in [1.807, 2.05) is 4.68 Å². The molecule has 1 saturated heterocycles. The lowest BCUT2D eigenvalue weighted by molar-refractivity contribution is -0.146. The summed E-state index contributed by atoms with van der Waals surface area (Å²) in [4.78, 5) is 25.5. The van der Waals surface area contributed by atoms with E-state index < -0.39 is 11.4 Å². The first-order valence-corrected chi connectivity index (χ1v) is 8.72. The molecular weight excluding hydrogens is 308 g/mol. The molecule has 1 aliphatic heterocycles. The van der Waals surface area contributed by atoms with Crippen molar-refractivity contribution in [3.63, 3.8) is 0 Å². The van der Waals surface area contributed by atoms with Crippen molar-refractivity contribution in [2.45, 2.75) is 58.4 Å². The van der Waals surface area contributed by atoms with Crippen LogP contribution in [-0.2, 0) is 4.79 Å². The number of nitrogens with zero attached hydrogens (tertiary/aromatic N) is 3. The average molecular weight is 334 g/mol. The summed E-state index contributed by atoms with van der Waals surface area (Å²) in [7, 11) is 0. The molecule has 7 nitrogen and oxygen atoms in total. The number of likely N-dealkylation sites (tertiary alicyclic amines) is 1. The zero-order valence-electron chi connectivity index (χ0n) is 14.6. The van der Waals surface area contributed by atoms with Gasteiger partial charge in [0.1, 0.15) is 0 Å². The molecule has 2 N–H and O–H groups in total. The number of anilines is 1. The lowest BCUT2D eigenvalue weighted by Crippen LogP contribution is -2.37. The Hall–Kier alpha value is -2.05. The molecule has 2 heterocycles. The van der Waals surface area contributed by atoms with Crippen LogP contribution >= 0.6 is 0 Å². The maximum absolute atomic E-state index is 12.6. The fourth-order valence-electron chi connectivity index (χ4n) is 3.26. The molecule has 1 aromatic heterocycles. The highest BCUT2D eigenvalue weighted by Crippen LogP contribution is 2.44. The molecule has 24 heavy (non-hydrogen) atoms. The number of hydrogen-bond acceptors (Lipinski definition) is 3. The normalized spacial score (nSPS) is 24.9. The zero-order chi connectivity index (χ0) is 17.5. The Morgan fingerprint density at radius 3 is 2.75 bits per heavy atom. The lowest BCUT2D eigenvalue weighted by atomic mass is 9.90. The number of carbonyl (C=O) groups is 2. The number of aromatic nitrogens is 2. The van der Waals surface area contributed by atoms with Gasteiger partial charge >= 0.3 is 12.0 Å². The summed E-state index contributed by atoms with van der Waals surface area (Å²) in [6, 6.07) is 0.0684. The Labute approximate surface area is 142 Å². The van der Waals surface area contributed by atoms with E-state index in [0.717, 1.165) is 30.6 Å². The highest BCUT2D eigenvalue weighted by Gasteiger charge is 2.42. The summed E-state index contributed by atoms with van der Waals surface area (Å²) in [5, 5.41) is 16.7. The highest BCUT2D eigenvalue weighted by atomic mass is 16.4. The van der Waals surface area contributed by atoms with Gasteiger partial charge in [-0.1, -0.05) is 6.92 Å². The first-order valence-electron chi connectivity index (χ1n) is 8.72. The van der Waals surface area contributed by atoms with E-state index in [2.05, 4.69) is 24.3 Å². The third-order valence-corrected chi connectivity index (χ3v) is 5.32. The highest BCUT2D eigenvalue weighted by molar-refractivity contribution is 5.91. The minimum absolute atomic E-state index is 0.231. The van der Waals surface area contributed by atoms with Crippen LogP contribution in [0.1, 0.15) is 64.1 Å². The third-order valence-electron chi connectivity index (χ3n) is 5.32. The van der Waals surface area contributed by atoms with Gasteiger partial charge in [0.15, 0.2) is 0 Å². The number of amides is 2. The quantitative estimate of drug-likeness (QED) is 0.866. The SMILES string of the molecule is CCC(C)n1ncc(NC(=O)N2CCC(C)(C(=O)O)C2)c1C1CC1. The zero-order valence-corrected chi connectivity index (χ0v) is 14.6. The van der Waals surface area contributed by atoms with E-state index in [1.165, 1.54) is 0 Å². The van der Waals surface area contributed by atoms with Gasteiger partial charge in [-0.2, -0.15) is 5.10 Å². The summed E-state index contributed by atoms with van der Waals surface area (Å²) < 4.78 is 2.03. The number of nitrogens with one attached hydrogen (secondary N) is 1. The van der Waals surface area contributed by atoms with Crippen molar-refractivity contribution >= 4 is 17.7 Å². The van der Waals surface area contributed by atoms with Gasteiger partial charge in [-0.3, -0.25) is 9.48 Å². The van der Waals surface area contributed by atoms with E-state index in [4.69, 9.17) is 0 Å². The molecule has 132 valence electrons. The minimum atomic E-state index is -0.850. The van der Waals surface area contributed by atoms with Gasteiger partial charge in [0, 0.05) is 25.0 Å². The number of aliphatic carboxylic acids is 1. The first-order chi connectivity index (χ1) is 11.4. The summed E-state index contributed by atoms with van der Waals surface area (Å²) >= 11 is 0. The number of hydrogen-bond donors (Lipinski definition) is 2. The molecule has 7 heteroatoms. The van der Waals surface area contributed by atoms with E-state index in [9.17, 15) is 14.7 Å². The van der Waals surface area contributed by atoms with E-state index in [1.54, 1.807) is 18.0 Å². The van der Waals surface area contributed by atoms with Gasteiger partial charge in [0.25, 0.3) is 0 Å². The topological polar surface area (TPSA) is 87.5 Å². The van der Waals surface area contributed by atoms with Crippen molar-refractivity contribution in [3.05, 3.63) is 11.9 Å². The molecule has 2 atom stereocenters. The monoisotopic (exact) mass is 334 g/mol. The Morgan fingerprint density at radius 2 is 2.21 bits per heavy atom. The predicted octanol–water partition coefficient (Wildman–Crippen LogP) is 3.06. The Bertz CT molecular complexity index is 652. The number of carbonyl (C=O) groups excluding carboxylic acids is 1. The maximum atomic E-state index is 12.6. The molecule has 2 unspecified atom stereocenters. The van der Waals surface area contributed by atoms with Gasteiger partial charge in [-0.05, 0) is 39.5 Å². The molecule has 0 aromatic carbocycles. The average Bonchev–Trinajstić information content (AvgIpc) is 3.17. The standard InChI is InChI=1S/C17H26N4O3/c1-4-11(2)21-14(12-5-6-12)13(9-18-21)19-16(24)20-8-7-17(3,10-20)15(22)23/h9,11-12H,4-8,10H2,1-3H3,(H,19,24)(H,22,23). The van der Waals surface area contributed by atoms with Crippen LogP contribution < -0.4 is 5.32 Å². The van der Waals surface area contributed by atoms with Crippen LogP contribution in [0.2, 0.25) is 0 Å². The first kappa shape index (κ1) is 16.8. The molecule has 3 rings (SSSR count). The fourth-order valence-corrected chi connectivity index (χ4v) is 3.26. The molecule has 1 aliphatic carbocycles.